The van der Waals surface area contributed by atoms with Crippen LogP contribution in [-0.2, 0) is 81.3 Å². The number of alkyl carbamates (subject to hydrolysis) is 1. The average molecular weight is 1240 g/mol. The number of hydrogen-bond donors (Lipinski definition) is 4. The maximum Gasteiger partial charge on any atom is 0.511 e. The van der Waals surface area contributed by atoms with Gasteiger partial charge in [0.25, 0.3) is 0 Å². The highest BCUT2D eigenvalue weighted by molar-refractivity contribution is 7.90. The van der Waals surface area contributed by atoms with E-state index in [0.29, 0.717) is 13.0 Å². The number of methoxy groups -OCH3 is 2. The van der Waals surface area contributed by atoms with Gasteiger partial charge in [-0.1, -0.05) is 53.6 Å². The van der Waals surface area contributed by atoms with Crippen molar-refractivity contribution in [3.05, 3.63) is 0 Å². The summed E-state index contributed by atoms with van der Waals surface area (Å²) in [6, 6.07) is -0.0720. The zero-order valence-corrected chi connectivity index (χ0v) is 53.1. The molecule has 0 bridgehead atoms. The summed E-state index contributed by atoms with van der Waals surface area (Å²) >= 11 is 0. The molecule has 1 amide bonds. The van der Waals surface area contributed by atoms with Gasteiger partial charge in [-0.3, -0.25) is 14.4 Å². The van der Waals surface area contributed by atoms with Gasteiger partial charge < -0.3 is 77.4 Å². The van der Waals surface area contributed by atoms with Crippen LogP contribution in [0.15, 0.2) is 5.16 Å². The Morgan fingerprint density at radius 2 is 1.48 bits per heavy atom. The van der Waals surface area contributed by atoms with Crippen LogP contribution in [0.5, 0.6) is 0 Å². The van der Waals surface area contributed by atoms with E-state index in [0.717, 1.165) is 0 Å². The van der Waals surface area contributed by atoms with E-state index in [1.807, 2.05) is 20.9 Å². The fourth-order valence-corrected chi connectivity index (χ4v) is 12.4. The molecule has 1 unspecified atom stereocenters. The molecule has 4 heterocycles. The number of ketones is 1. The molecule has 4 saturated heterocycles. The summed E-state index contributed by atoms with van der Waals surface area (Å²) in [5.74, 6) is -8.95. The minimum atomic E-state index is -5.87. The quantitative estimate of drug-likeness (QED) is 0.0732. The van der Waals surface area contributed by atoms with Crippen molar-refractivity contribution in [1.29, 1.82) is 0 Å². The summed E-state index contributed by atoms with van der Waals surface area (Å²) in [4.78, 5) is 66.8. The SMILES string of the molecule is CON=C1C[C@@H](C)O[C@@H](O[C@@H]2[C@@H](C)[C@H](O[C@H]3CC(C)N(C)C[C@H](C)O3)[C@@H](C)C(=O)O[C@H]([C@@H](C)CO[C@@H]3O[C@H](C)[C@@H](O)[C@@H](OC)[C@H]3OC)[C@H](C)[C@@H](OC(=O)CC(C)C)[C@@H](C)C(=O)[C@@](C)(OC(=O)NC(C)(C)CNS(=O)(=O)C(F)(F)F)C[C@@H]2C)[C@@H]1O. The minimum absolute atomic E-state index is 0.0720. The molecule has 4 N–H and O–H groups in total. The zero-order valence-electron chi connectivity index (χ0n) is 52.3. The van der Waals surface area contributed by atoms with E-state index in [2.05, 4.69) is 15.4 Å². The normalized spacial score (nSPS) is 38.5. The van der Waals surface area contributed by atoms with Crippen LogP contribution in [0.4, 0.5) is 18.0 Å². The Labute approximate surface area is 493 Å². The third kappa shape index (κ3) is 19.1. The fourth-order valence-electron chi connectivity index (χ4n) is 11.7. The molecule has 22 atom stereocenters. The van der Waals surface area contributed by atoms with Crippen molar-refractivity contribution >= 4 is 39.6 Å². The van der Waals surface area contributed by atoms with Gasteiger partial charge in [-0.05, 0) is 80.7 Å². The second-order valence-electron chi connectivity index (χ2n) is 24.9. The molecule has 0 aromatic rings. The molecule has 488 valence electrons. The average Bonchev–Trinajstić information content (AvgIpc) is 2.33. The smallest absolute Gasteiger partial charge is 0.461 e. The molecule has 0 aromatic carbocycles. The van der Waals surface area contributed by atoms with E-state index in [-0.39, 0.29) is 43.2 Å². The van der Waals surface area contributed by atoms with Gasteiger partial charge in [0, 0.05) is 70.4 Å². The van der Waals surface area contributed by atoms with Crippen LogP contribution in [0.3, 0.4) is 0 Å². The lowest BCUT2D eigenvalue weighted by atomic mass is 9.74. The number of rotatable bonds is 19. The Bertz CT molecular complexity index is 2300. The number of amides is 1. The number of nitrogens with zero attached hydrogens (tertiary/aromatic N) is 2. The molecule has 4 rings (SSSR count). The van der Waals surface area contributed by atoms with Gasteiger partial charge in [0.05, 0.1) is 60.2 Å². The minimum Gasteiger partial charge on any atom is -0.461 e. The lowest BCUT2D eigenvalue weighted by molar-refractivity contribution is -0.305. The van der Waals surface area contributed by atoms with Crippen LogP contribution in [-0.4, -0.2) is 210 Å². The first-order chi connectivity index (χ1) is 38.8. The predicted molar refractivity (Wildman–Crippen MR) is 297 cm³/mol. The number of nitrogens with one attached hydrogen (secondary N) is 2. The molecule has 28 heteroatoms. The van der Waals surface area contributed by atoms with Crippen molar-refractivity contribution in [3.8, 4) is 0 Å². The standard InChI is InChI=1S/C56H97F3N4O20S/c1-27(2)20-39(64)79-45-34(9)44(29(4)25-75-52-48(73-18)47(72-17)41(65)37(12)78-52)81-50(68)36(11)46(80-40-21-30(5)63(16)24-32(7)76-40)33(8)43(82-51-42(66)38(62-74-19)22-31(6)77-51)28(3)23-55(15,49(67)35(45)10)83-53(69)61-54(13,14)26-60-84(70,71)56(57,58)59/h27-37,40-48,51-52,60,65-66H,20-26H2,1-19H3,(H,61,69)/t28-,29-,30?,31+,32-,33+,34-,35+,36+,37+,40-,41+,42+,43-,44+,45+,46-,47+,48+,51-,52+,55-/m0/s1. The van der Waals surface area contributed by atoms with Crippen LogP contribution >= 0.6 is 0 Å². The Balaban J connectivity index is 2.01. The molecule has 4 fully saturated rings. The van der Waals surface area contributed by atoms with Crippen molar-refractivity contribution in [1.82, 2.24) is 14.9 Å². The molecule has 0 spiro atoms. The van der Waals surface area contributed by atoms with E-state index >= 15 is 9.59 Å². The number of carbonyl (C=O) groups excluding carboxylic acids is 4. The first kappa shape index (κ1) is 73.1. The number of oxime groups is 1. The summed E-state index contributed by atoms with van der Waals surface area (Å²) in [5, 5.41) is 29.2. The van der Waals surface area contributed by atoms with Crippen LogP contribution in [0.2, 0.25) is 0 Å². The number of esters is 2. The first-order valence-corrected chi connectivity index (χ1v) is 30.4. The number of cyclic esters (lactones) is 1. The van der Waals surface area contributed by atoms with Crippen LogP contribution in [0, 0.1) is 41.4 Å². The van der Waals surface area contributed by atoms with Gasteiger partial charge in [-0.15, -0.1) is 0 Å². The summed E-state index contributed by atoms with van der Waals surface area (Å²) in [5.41, 5.74) is -9.55. The molecular formula is C56H97F3N4O20S. The van der Waals surface area contributed by atoms with Gasteiger partial charge in [0.1, 0.15) is 43.7 Å². The molecular weight excluding hydrogens is 1140 g/mol. The number of aliphatic hydroxyl groups is 2. The Kier molecular flexibility index (Phi) is 26.7. The van der Waals surface area contributed by atoms with E-state index in [1.54, 1.807) is 62.3 Å². The van der Waals surface area contributed by atoms with Gasteiger partial charge in [-0.2, -0.15) is 13.2 Å². The van der Waals surface area contributed by atoms with Crippen molar-refractivity contribution in [2.75, 3.05) is 48.1 Å². The van der Waals surface area contributed by atoms with E-state index < -0.39 is 179 Å². The molecule has 0 saturated carbocycles. The molecule has 0 radical (unpaired) electrons. The highest BCUT2D eigenvalue weighted by Gasteiger charge is 2.53. The van der Waals surface area contributed by atoms with Crippen molar-refractivity contribution in [3.63, 3.8) is 0 Å². The van der Waals surface area contributed by atoms with Gasteiger partial charge >= 0.3 is 33.6 Å². The molecule has 84 heavy (non-hydrogen) atoms. The van der Waals surface area contributed by atoms with Crippen LogP contribution in [0.1, 0.15) is 130 Å². The number of alkyl halides is 3. The Hall–Kier alpha value is -3.39. The molecule has 0 aromatic heterocycles. The molecule has 0 aliphatic carbocycles. The largest absolute Gasteiger partial charge is 0.511 e. The van der Waals surface area contributed by atoms with Crippen LogP contribution in [0.25, 0.3) is 0 Å². The Morgan fingerprint density at radius 3 is 2.06 bits per heavy atom. The number of carbonyl (C=O) groups is 4. The van der Waals surface area contributed by atoms with Gasteiger partial charge in [0.2, 0.25) is 0 Å². The summed E-state index contributed by atoms with van der Waals surface area (Å²) in [6.07, 6.45) is -16.1. The Morgan fingerprint density at radius 1 is 0.845 bits per heavy atom. The third-order valence-electron chi connectivity index (χ3n) is 16.4. The maximum absolute atomic E-state index is 15.9. The maximum atomic E-state index is 15.9. The molecule has 4 aliphatic rings. The number of hydrogen-bond acceptors (Lipinski definition) is 22. The summed E-state index contributed by atoms with van der Waals surface area (Å²) in [6.45, 7) is 23.8. The van der Waals surface area contributed by atoms with Gasteiger partial charge in [-0.25, -0.2) is 17.9 Å². The number of halogens is 3. The molecule has 24 nitrogen and oxygen atoms in total. The van der Waals surface area contributed by atoms with E-state index in [4.69, 9.17) is 56.9 Å². The topological polar surface area (TPSA) is 293 Å². The van der Waals surface area contributed by atoms with Crippen LogP contribution < -0.4 is 10.0 Å². The summed E-state index contributed by atoms with van der Waals surface area (Å²) < 4.78 is 136. The lowest BCUT2D eigenvalue weighted by Crippen LogP contribution is -2.59. The van der Waals surface area contributed by atoms with E-state index in [1.165, 1.54) is 53.7 Å². The number of aliphatic hydroxyl groups excluding tert-OH is 2. The van der Waals surface area contributed by atoms with Crippen molar-refractivity contribution < 1.29 is 108 Å². The number of likely N-dealkylation sites (N-methyl/N-ethyl adjacent to an activating group) is 1. The second kappa shape index (κ2) is 30.7. The zero-order chi connectivity index (χ0) is 63.7. The predicted octanol–water partition coefficient (Wildman–Crippen LogP) is 5.22. The third-order valence-corrected chi connectivity index (χ3v) is 17.5. The highest BCUT2D eigenvalue weighted by Crippen LogP contribution is 2.41. The summed E-state index contributed by atoms with van der Waals surface area (Å²) in [7, 11) is 0.205. The lowest BCUT2D eigenvalue weighted by Gasteiger charge is -2.45. The fraction of sp³-hybridized carbons (Fsp3) is 0.911. The first-order valence-electron chi connectivity index (χ1n) is 28.9. The number of Topliss-reactive ketones (excluding diaryl/α,β-unsaturated/α-hetero) is 1. The number of ether oxygens (including phenoxy) is 11. The molecule has 4 aliphatic heterocycles. The van der Waals surface area contributed by atoms with Gasteiger partial charge in [0.15, 0.2) is 30.3 Å². The highest BCUT2D eigenvalue weighted by atomic mass is 32.2. The van der Waals surface area contributed by atoms with E-state index in [9.17, 15) is 41.4 Å². The number of sulfonamides is 1. The monoisotopic (exact) mass is 1230 g/mol. The second-order valence-corrected chi connectivity index (χ2v) is 26.7. The van der Waals surface area contributed by atoms with Crippen molar-refractivity contribution in [2.24, 2.45) is 46.6 Å². The van der Waals surface area contributed by atoms with Crippen molar-refractivity contribution in [2.45, 2.75) is 238 Å².